The Labute approximate surface area is 74.1 Å². The Morgan fingerprint density at radius 3 is 0.857 bits per heavy atom. The molecule has 0 nitrogen and oxygen atoms in total. The summed E-state index contributed by atoms with van der Waals surface area (Å²) in [5, 5.41) is 0. The zero-order valence-electron chi connectivity index (χ0n) is 5.32. The Bertz CT molecular complexity index is 9.65. The van der Waals surface area contributed by atoms with Crippen molar-refractivity contribution in [3.8, 4) is 0 Å². The molecule has 0 amide bonds. The van der Waals surface area contributed by atoms with Crippen LogP contribution in [0.15, 0.2) is 0 Å². The first kappa shape index (κ1) is 15.9. The van der Waals surface area contributed by atoms with Crippen molar-refractivity contribution in [2.45, 2.75) is 21.5 Å². The van der Waals surface area contributed by atoms with Crippen LogP contribution in [0.25, 0.3) is 0 Å². The molecule has 7 heavy (non-hydrogen) atoms. The van der Waals surface area contributed by atoms with Crippen LogP contribution < -0.4 is 0 Å². The van der Waals surface area contributed by atoms with Gasteiger partial charge in [0.2, 0.25) is 0 Å². The van der Waals surface area contributed by atoms with Gasteiger partial charge in [-0.1, -0.05) is 0 Å². The molecule has 0 aromatic rings. The molecular formula is C4H12Se2Sn. The molecule has 0 unspecified atom stereocenters. The molecule has 4 radical (unpaired) electrons. The van der Waals surface area contributed by atoms with E-state index < -0.39 is 0 Å². The van der Waals surface area contributed by atoms with Crippen LogP contribution in [0, 0.1) is 0 Å². The molecule has 3 heteroatoms. The minimum absolute atomic E-state index is 0.230. The van der Waals surface area contributed by atoms with Crippen molar-refractivity contribution >= 4 is 53.2 Å². The molecule has 0 aliphatic rings. The van der Waals surface area contributed by atoms with Gasteiger partial charge in [0, 0.05) is 0 Å². The van der Waals surface area contributed by atoms with E-state index in [1.54, 1.807) is 0 Å². The molecule has 44 valence electrons. The Hall–Kier alpha value is 1.84. The summed E-state index contributed by atoms with van der Waals surface area (Å²) < 4.78 is 0. The van der Waals surface area contributed by atoms with E-state index >= 15 is 0 Å². The summed E-state index contributed by atoms with van der Waals surface area (Å²) in [4.78, 5) is 4.59. The van der Waals surface area contributed by atoms with Gasteiger partial charge in [-0.05, 0) is 0 Å². The maximum atomic E-state index is 2.62. The first-order valence-electron chi connectivity index (χ1n) is 1.82. The predicted molar refractivity (Wildman–Crippen MR) is 40.7 cm³/mol. The van der Waals surface area contributed by atoms with Crippen molar-refractivity contribution in [1.29, 1.82) is 0 Å². The van der Waals surface area contributed by atoms with Gasteiger partial charge in [0.15, 0.2) is 0 Å². The second-order valence-corrected chi connectivity index (χ2v) is 3.35. The molecule has 0 N–H and O–H groups in total. The van der Waals surface area contributed by atoms with E-state index in [-0.39, 0.29) is 21.1 Å². The van der Waals surface area contributed by atoms with Gasteiger partial charge in [-0.3, -0.25) is 0 Å². The van der Waals surface area contributed by atoms with Crippen LogP contribution in [-0.2, 0) is 0 Å². The molecule has 0 fully saturated rings. The fraction of sp³-hybridized carbons (Fsp3) is 1.00. The topological polar surface area (TPSA) is 0 Å². The van der Waals surface area contributed by atoms with Crippen molar-refractivity contribution in [2.24, 2.45) is 0 Å². The molecule has 0 saturated carbocycles. The van der Waals surface area contributed by atoms with Gasteiger partial charge < -0.3 is 0 Å². The summed E-state index contributed by atoms with van der Waals surface area (Å²) in [5.74, 6) is 3.75. The monoisotopic (exact) mass is 340 g/mol. The molecule has 0 aliphatic carbocycles. The summed E-state index contributed by atoms with van der Waals surface area (Å²) in [6.45, 7) is 0. The second kappa shape index (κ2) is 45.5. The van der Waals surface area contributed by atoms with Crippen LogP contribution in [0.5, 0.6) is 0 Å². The molecule has 0 rings (SSSR count). The van der Waals surface area contributed by atoms with Gasteiger partial charge in [0.05, 0.1) is 0 Å². The second-order valence-electron chi connectivity index (χ2n) is 0.500. The number of rotatable bonds is 0. The molecule has 0 spiro atoms. The van der Waals surface area contributed by atoms with Crippen molar-refractivity contribution < 1.29 is 0 Å². The van der Waals surface area contributed by atoms with Crippen molar-refractivity contribution in [2.75, 3.05) is 0 Å². The van der Waals surface area contributed by atoms with E-state index in [0.717, 1.165) is 0 Å². The molecule has 0 atom stereocenters. The van der Waals surface area contributed by atoms with Crippen LogP contribution in [-0.4, -0.2) is 53.2 Å². The average Bonchev–Trinajstić information content (AvgIpc) is 1.78. The standard InChI is InChI=1S/2CH3Se.2CH3.Sn/c2*1-2;;;/h2*1H3;2*1H3;. The van der Waals surface area contributed by atoms with Gasteiger partial charge in [0.1, 0.15) is 0 Å². The van der Waals surface area contributed by atoms with E-state index in [9.17, 15) is 0 Å². The Morgan fingerprint density at radius 2 is 0.857 bits per heavy atom. The number of hydrogen-bond acceptors (Lipinski definition) is 0. The Kier molecular flexibility index (Phi) is 104. The van der Waals surface area contributed by atoms with Gasteiger partial charge in [-0.15, -0.1) is 0 Å². The summed E-state index contributed by atoms with van der Waals surface area (Å²) in [5.41, 5.74) is 0. The molecular weight excluding hydrogens is 325 g/mol. The maximum absolute atomic E-state index is 2.62. The van der Waals surface area contributed by atoms with E-state index in [2.05, 4.69) is 41.9 Å². The zero-order valence-corrected chi connectivity index (χ0v) is 11.6. The van der Waals surface area contributed by atoms with Crippen LogP contribution in [0.4, 0.5) is 0 Å². The molecule has 0 heterocycles. The summed E-state index contributed by atoms with van der Waals surface area (Å²) >= 11 is 5.48. The van der Waals surface area contributed by atoms with Crippen molar-refractivity contribution in [3.05, 3.63) is 0 Å². The van der Waals surface area contributed by atoms with Gasteiger partial charge in [-0.2, -0.15) is 0 Å². The third-order valence-corrected chi connectivity index (χ3v) is 0. The van der Waals surface area contributed by atoms with E-state index in [4.69, 9.17) is 0 Å². The fourth-order valence-electron chi connectivity index (χ4n) is 0. The summed E-state index contributed by atoms with van der Waals surface area (Å²) in [7, 11) is 0. The Morgan fingerprint density at radius 1 is 0.857 bits per heavy atom. The SMILES string of the molecule is C[Se].C[Se].[CH3][Sn][CH3]. The molecule has 0 saturated heterocycles. The van der Waals surface area contributed by atoms with Gasteiger partial charge in [0.25, 0.3) is 0 Å². The zero-order chi connectivity index (χ0) is 6.71. The molecule has 0 aromatic heterocycles. The van der Waals surface area contributed by atoms with Crippen molar-refractivity contribution in [3.63, 3.8) is 0 Å². The van der Waals surface area contributed by atoms with Crippen molar-refractivity contribution in [1.82, 2.24) is 0 Å². The number of hydrogen-bond donors (Lipinski definition) is 0. The van der Waals surface area contributed by atoms with Crippen LogP contribution >= 0.6 is 0 Å². The first-order chi connectivity index (χ1) is 3.41. The van der Waals surface area contributed by atoms with Crippen LogP contribution in [0.2, 0.25) is 21.5 Å². The molecule has 0 bridgehead atoms. The average molecular weight is 337 g/mol. The third-order valence-electron chi connectivity index (χ3n) is 0. The molecule has 0 aliphatic heterocycles. The van der Waals surface area contributed by atoms with E-state index in [1.165, 1.54) is 0 Å². The Balaban J connectivity index is -0.0000000360. The quantitative estimate of drug-likeness (QED) is 0.583. The van der Waals surface area contributed by atoms with E-state index in [0.29, 0.717) is 0 Å². The summed E-state index contributed by atoms with van der Waals surface area (Å²) in [6.07, 6.45) is 0. The fourth-order valence-corrected chi connectivity index (χ4v) is 0. The third kappa shape index (κ3) is 79.1. The predicted octanol–water partition coefficient (Wildman–Crippen LogP) is 1.19. The van der Waals surface area contributed by atoms with E-state index in [1.807, 2.05) is 11.6 Å². The normalized spacial score (nSPS) is 4.29. The first-order valence-corrected chi connectivity index (χ1v) is 11.0. The van der Waals surface area contributed by atoms with Gasteiger partial charge >= 0.3 is 74.7 Å². The summed E-state index contributed by atoms with van der Waals surface area (Å²) in [6, 6.07) is 0. The molecule has 0 aromatic carbocycles. The minimum atomic E-state index is 0.230. The van der Waals surface area contributed by atoms with Crippen LogP contribution in [0.1, 0.15) is 0 Å². The van der Waals surface area contributed by atoms with Crippen LogP contribution in [0.3, 0.4) is 0 Å². The van der Waals surface area contributed by atoms with Gasteiger partial charge in [-0.25, -0.2) is 0 Å².